The Morgan fingerprint density at radius 3 is 2.52 bits per heavy atom. The first kappa shape index (κ1) is 15.1. The van der Waals surface area contributed by atoms with Gasteiger partial charge in [-0.15, -0.1) is 0 Å². The number of aliphatic carboxylic acids is 1. The maximum Gasteiger partial charge on any atom is 0.328 e. The first-order valence-corrected chi connectivity index (χ1v) is 6.82. The van der Waals surface area contributed by atoms with Crippen molar-refractivity contribution in [2.24, 2.45) is 0 Å². The van der Waals surface area contributed by atoms with E-state index < -0.39 is 5.97 Å². The summed E-state index contributed by atoms with van der Waals surface area (Å²) in [4.78, 5) is 10.5. The zero-order valence-electron chi connectivity index (χ0n) is 11.5. The number of carboxylic acid groups (broad SMARTS) is 1. The molecule has 2 aromatic rings. The van der Waals surface area contributed by atoms with Crippen molar-refractivity contribution in [2.45, 2.75) is 6.92 Å². The summed E-state index contributed by atoms with van der Waals surface area (Å²) < 4.78 is 5.53. The third kappa shape index (κ3) is 4.36. The van der Waals surface area contributed by atoms with Crippen molar-refractivity contribution < 1.29 is 14.6 Å². The minimum Gasteiger partial charge on any atom is -0.488 e. The Balaban J connectivity index is 2.12. The lowest BCUT2D eigenvalue weighted by Gasteiger charge is -2.10. The second kappa shape index (κ2) is 6.95. The highest BCUT2D eigenvalue weighted by atomic mass is 35.5. The quantitative estimate of drug-likeness (QED) is 0.832. The zero-order chi connectivity index (χ0) is 15.2. The van der Waals surface area contributed by atoms with E-state index in [2.05, 4.69) is 0 Å². The van der Waals surface area contributed by atoms with E-state index in [-0.39, 0.29) is 6.61 Å². The van der Waals surface area contributed by atoms with E-state index in [0.29, 0.717) is 16.3 Å². The fourth-order valence-electron chi connectivity index (χ4n) is 1.87. The molecule has 1 N–H and O–H groups in total. The summed E-state index contributed by atoms with van der Waals surface area (Å²) in [5.74, 6) is -0.448. The Morgan fingerprint density at radius 1 is 1.19 bits per heavy atom. The van der Waals surface area contributed by atoms with E-state index in [4.69, 9.17) is 21.4 Å². The zero-order valence-corrected chi connectivity index (χ0v) is 12.3. The highest BCUT2D eigenvalue weighted by molar-refractivity contribution is 6.32. The standard InChI is InChI=1S/C17H15ClO3/c1-12(9-17(19)20)11-21-16-8-7-14(10-15(16)18)13-5-3-2-4-6-13/h2-10H,11H2,1H3,(H,19,20). The largest absolute Gasteiger partial charge is 0.488 e. The van der Waals surface area contributed by atoms with Gasteiger partial charge in [0.25, 0.3) is 0 Å². The Labute approximate surface area is 128 Å². The van der Waals surface area contributed by atoms with Crippen LogP contribution in [0.1, 0.15) is 6.92 Å². The first-order valence-electron chi connectivity index (χ1n) is 6.44. The third-order valence-electron chi connectivity index (χ3n) is 2.86. The van der Waals surface area contributed by atoms with Gasteiger partial charge in [0.15, 0.2) is 0 Å². The van der Waals surface area contributed by atoms with Crippen LogP contribution in [0.25, 0.3) is 11.1 Å². The Hall–Kier alpha value is -2.26. The van der Waals surface area contributed by atoms with Gasteiger partial charge in [-0.25, -0.2) is 4.79 Å². The average Bonchev–Trinajstić information content (AvgIpc) is 2.46. The second-order valence-electron chi connectivity index (χ2n) is 4.63. The highest BCUT2D eigenvalue weighted by Gasteiger charge is 2.05. The molecule has 0 atom stereocenters. The van der Waals surface area contributed by atoms with Gasteiger partial charge in [0, 0.05) is 6.08 Å². The molecule has 0 aliphatic carbocycles. The molecule has 0 radical (unpaired) electrons. The van der Waals surface area contributed by atoms with Gasteiger partial charge in [0.2, 0.25) is 0 Å². The van der Waals surface area contributed by atoms with Crippen LogP contribution in [-0.2, 0) is 4.79 Å². The summed E-state index contributed by atoms with van der Waals surface area (Å²) in [5, 5.41) is 9.14. The molecule has 4 heteroatoms. The highest BCUT2D eigenvalue weighted by Crippen LogP contribution is 2.30. The van der Waals surface area contributed by atoms with Gasteiger partial charge in [-0.1, -0.05) is 48.0 Å². The summed E-state index contributed by atoms with van der Waals surface area (Å²) in [5.41, 5.74) is 2.70. The lowest BCUT2D eigenvalue weighted by atomic mass is 10.1. The van der Waals surface area contributed by atoms with E-state index in [0.717, 1.165) is 17.2 Å². The predicted molar refractivity (Wildman–Crippen MR) is 83.8 cm³/mol. The predicted octanol–water partition coefficient (Wildman–Crippen LogP) is 4.42. The van der Waals surface area contributed by atoms with Crippen LogP contribution in [0.2, 0.25) is 5.02 Å². The number of hydrogen-bond donors (Lipinski definition) is 1. The molecule has 0 amide bonds. The van der Waals surface area contributed by atoms with Crippen LogP contribution in [0, 0.1) is 0 Å². The van der Waals surface area contributed by atoms with Crippen molar-refractivity contribution in [2.75, 3.05) is 6.61 Å². The van der Waals surface area contributed by atoms with Crippen LogP contribution < -0.4 is 4.74 Å². The van der Waals surface area contributed by atoms with E-state index >= 15 is 0 Å². The molecule has 3 nitrogen and oxygen atoms in total. The molecule has 0 heterocycles. The number of carboxylic acids is 1. The van der Waals surface area contributed by atoms with Gasteiger partial charge < -0.3 is 9.84 Å². The smallest absolute Gasteiger partial charge is 0.328 e. The number of ether oxygens (including phenoxy) is 1. The molecule has 0 saturated heterocycles. The molecule has 0 unspecified atom stereocenters. The minimum atomic E-state index is -0.985. The van der Waals surface area contributed by atoms with E-state index in [1.165, 1.54) is 0 Å². The van der Waals surface area contributed by atoms with Gasteiger partial charge in [-0.3, -0.25) is 0 Å². The molecular weight excluding hydrogens is 288 g/mol. The van der Waals surface area contributed by atoms with Crippen molar-refractivity contribution in [3.05, 3.63) is 65.2 Å². The first-order chi connectivity index (χ1) is 10.1. The molecule has 2 aromatic carbocycles. The van der Waals surface area contributed by atoms with Gasteiger partial charge in [-0.2, -0.15) is 0 Å². The van der Waals surface area contributed by atoms with Crippen molar-refractivity contribution in [3.8, 4) is 16.9 Å². The third-order valence-corrected chi connectivity index (χ3v) is 3.16. The fraction of sp³-hybridized carbons (Fsp3) is 0.118. The van der Waals surface area contributed by atoms with Crippen molar-refractivity contribution in [1.82, 2.24) is 0 Å². The Kier molecular flexibility index (Phi) is 5.01. The molecule has 0 aromatic heterocycles. The summed E-state index contributed by atoms with van der Waals surface area (Å²) >= 11 is 6.21. The average molecular weight is 303 g/mol. The molecule has 0 bridgehead atoms. The van der Waals surface area contributed by atoms with Gasteiger partial charge >= 0.3 is 5.97 Å². The molecule has 108 valence electrons. The lowest BCUT2D eigenvalue weighted by molar-refractivity contribution is -0.131. The topological polar surface area (TPSA) is 46.5 Å². The van der Waals surface area contributed by atoms with Crippen molar-refractivity contribution in [3.63, 3.8) is 0 Å². The lowest BCUT2D eigenvalue weighted by Crippen LogP contribution is -2.01. The Bertz CT molecular complexity index is 663. The van der Waals surface area contributed by atoms with Crippen molar-refractivity contribution >= 4 is 17.6 Å². The molecule has 2 rings (SSSR count). The van der Waals surface area contributed by atoms with E-state index in [9.17, 15) is 4.79 Å². The van der Waals surface area contributed by atoms with Crippen LogP contribution in [0.5, 0.6) is 5.75 Å². The van der Waals surface area contributed by atoms with Crippen LogP contribution in [0.15, 0.2) is 60.2 Å². The summed E-state index contributed by atoms with van der Waals surface area (Å²) in [6.07, 6.45) is 1.12. The van der Waals surface area contributed by atoms with Crippen LogP contribution in [0.3, 0.4) is 0 Å². The van der Waals surface area contributed by atoms with Crippen LogP contribution in [0.4, 0.5) is 0 Å². The Morgan fingerprint density at radius 2 is 1.90 bits per heavy atom. The maximum atomic E-state index is 10.5. The van der Waals surface area contributed by atoms with E-state index in [1.54, 1.807) is 13.0 Å². The fourth-order valence-corrected chi connectivity index (χ4v) is 2.11. The molecular formula is C17H15ClO3. The van der Waals surface area contributed by atoms with Crippen LogP contribution in [-0.4, -0.2) is 17.7 Å². The normalized spacial score (nSPS) is 11.2. The molecule has 0 aliphatic heterocycles. The number of carbonyl (C=O) groups is 1. The van der Waals surface area contributed by atoms with Crippen molar-refractivity contribution in [1.29, 1.82) is 0 Å². The molecule has 0 saturated carbocycles. The monoisotopic (exact) mass is 302 g/mol. The molecule has 0 fully saturated rings. The van der Waals surface area contributed by atoms with Gasteiger partial charge in [0.1, 0.15) is 12.4 Å². The summed E-state index contributed by atoms with van der Waals surface area (Å²) in [6, 6.07) is 15.5. The molecule has 21 heavy (non-hydrogen) atoms. The molecule has 0 spiro atoms. The molecule has 0 aliphatic rings. The SMILES string of the molecule is CC(=CC(=O)O)COc1ccc(-c2ccccc2)cc1Cl. The number of hydrogen-bond acceptors (Lipinski definition) is 2. The maximum absolute atomic E-state index is 10.5. The number of rotatable bonds is 5. The van der Waals surface area contributed by atoms with Crippen LogP contribution >= 0.6 is 11.6 Å². The summed E-state index contributed by atoms with van der Waals surface area (Å²) in [7, 11) is 0. The number of benzene rings is 2. The second-order valence-corrected chi connectivity index (χ2v) is 5.04. The van der Waals surface area contributed by atoms with Gasteiger partial charge in [-0.05, 0) is 35.8 Å². The van der Waals surface area contributed by atoms with Gasteiger partial charge in [0.05, 0.1) is 5.02 Å². The minimum absolute atomic E-state index is 0.191. The summed E-state index contributed by atoms with van der Waals surface area (Å²) in [6.45, 7) is 1.89. The number of halogens is 1. The van der Waals surface area contributed by atoms with E-state index in [1.807, 2.05) is 42.5 Å².